The molecule has 2 atom stereocenters. The van der Waals surface area contributed by atoms with Gasteiger partial charge in [0, 0.05) is 54.0 Å². The monoisotopic (exact) mass is 491 g/mol. The van der Waals surface area contributed by atoms with Crippen molar-refractivity contribution in [2.75, 3.05) is 32.8 Å². The predicted octanol–water partition coefficient (Wildman–Crippen LogP) is 2.50. The number of nitrogens with zero attached hydrogens (tertiary/aromatic N) is 4. The third-order valence-electron chi connectivity index (χ3n) is 5.83. The fourth-order valence-corrected chi connectivity index (χ4v) is 5.15. The molecule has 1 aromatic carbocycles. The molecule has 0 saturated carbocycles. The van der Waals surface area contributed by atoms with Gasteiger partial charge < -0.3 is 15.2 Å². The van der Waals surface area contributed by atoms with Crippen LogP contribution in [-0.4, -0.2) is 76.6 Å². The number of ether oxygens (including phenoxy) is 1. The van der Waals surface area contributed by atoms with Crippen molar-refractivity contribution >= 4 is 40.8 Å². The number of amides is 1. The minimum absolute atomic E-state index is 0.0324. The Kier molecular flexibility index (Phi) is 5.77. The number of carbonyl (C=O) groups is 2. The number of benzene rings is 1. The number of rotatable bonds is 5. The molecule has 3 aliphatic heterocycles. The smallest absolute Gasteiger partial charge is 0.410 e. The van der Waals surface area contributed by atoms with Gasteiger partial charge in [0.2, 0.25) is 0 Å². The van der Waals surface area contributed by atoms with Crippen LogP contribution in [0.15, 0.2) is 46.0 Å². The fraction of sp³-hybridized carbons (Fsp3) is 0.333. The first-order valence-electron chi connectivity index (χ1n) is 10.2. The standard InChI is InChI=1S/C21H19ClFN5O4S/c22-14-7-11(23)1-2-13(14)17-16(20(29)30)15(25-18(26-17)19-24-3-6-33-19)9-27-4-5-28-12(8-27)10-32-21(28)31/h1-3,6-7,12,17H,4-5,8-10H2,(H,25,26)(H,29,30)/t12-,17-/m0/s1. The lowest BCUT2D eigenvalue weighted by Crippen LogP contribution is -2.53. The van der Waals surface area contributed by atoms with Crippen molar-refractivity contribution in [3.05, 3.63) is 62.5 Å². The van der Waals surface area contributed by atoms with Gasteiger partial charge in [-0.05, 0) is 12.1 Å². The maximum absolute atomic E-state index is 13.7. The molecule has 3 aliphatic rings. The van der Waals surface area contributed by atoms with Crippen molar-refractivity contribution in [1.82, 2.24) is 20.1 Å². The molecule has 12 heteroatoms. The van der Waals surface area contributed by atoms with E-state index in [1.807, 2.05) is 0 Å². The van der Waals surface area contributed by atoms with Crippen LogP contribution in [0.3, 0.4) is 0 Å². The van der Waals surface area contributed by atoms with Gasteiger partial charge in [-0.1, -0.05) is 17.7 Å². The van der Waals surface area contributed by atoms with Gasteiger partial charge in [0.15, 0.2) is 10.8 Å². The molecular weight excluding hydrogens is 473 g/mol. The van der Waals surface area contributed by atoms with Crippen molar-refractivity contribution in [1.29, 1.82) is 0 Å². The molecule has 9 nitrogen and oxygen atoms in total. The Morgan fingerprint density at radius 2 is 2.24 bits per heavy atom. The zero-order chi connectivity index (χ0) is 23.1. The summed E-state index contributed by atoms with van der Waals surface area (Å²) in [7, 11) is 0. The number of cyclic esters (lactones) is 1. The van der Waals surface area contributed by atoms with E-state index in [1.54, 1.807) is 16.5 Å². The lowest BCUT2D eigenvalue weighted by molar-refractivity contribution is -0.133. The van der Waals surface area contributed by atoms with Gasteiger partial charge >= 0.3 is 12.1 Å². The van der Waals surface area contributed by atoms with E-state index in [-0.39, 0.29) is 22.7 Å². The van der Waals surface area contributed by atoms with E-state index < -0.39 is 17.8 Å². The molecule has 172 valence electrons. The van der Waals surface area contributed by atoms with Crippen LogP contribution in [0.25, 0.3) is 0 Å². The molecule has 5 rings (SSSR count). The number of piperazine rings is 1. The number of thiazole rings is 1. The average Bonchev–Trinajstić information content (AvgIpc) is 3.43. The van der Waals surface area contributed by atoms with E-state index in [1.165, 1.54) is 23.5 Å². The minimum Gasteiger partial charge on any atom is -0.478 e. The van der Waals surface area contributed by atoms with Crippen LogP contribution in [0, 0.1) is 5.82 Å². The highest BCUT2D eigenvalue weighted by Gasteiger charge is 2.39. The molecule has 1 aromatic heterocycles. The highest BCUT2D eigenvalue weighted by atomic mass is 35.5. The Hall–Kier alpha value is -3.02. The van der Waals surface area contributed by atoms with Crippen LogP contribution >= 0.6 is 22.9 Å². The molecule has 2 fully saturated rings. The SMILES string of the molecule is O=C(O)C1=C(CN2CCN3C(=O)OC[C@@H]3C2)NC(c2nccs2)=N[C@H]1c1ccc(F)cc1Cl. The van der Waals surface area contributed by atoms with Gasteiger partial charge in [0.25, 0.3) is 0 Å². The first-order chi connectivity index (χ1) is 15.9. The molecule has 2 aromatic rings. The maximum atomic E-state index is 13.7. The third-order valence-corrected chi connectivity index (χ3v) is 6.94. The molecule has 2 saturated heterocycles. The second-order valence-electron chi connectivity index (χ2n) is 7.86. The number of aliphatic carboxylic acids is 1. The first-order valence-corrected chi connectivity index (χ1v) is 11.5. The summed E-state index contributed by atoms with van der Waals surface area (Å²) in [6.07, 6.45) is 1.32. The summed E-state index contributed by atoms with van der Waals surface area (Å²) in [5.74, 6) is -1.25. The van der Waals surface area contributed by atoms with E-state index in [2.05, 4.69) is 20.2 Å². The molecule has 33 heavy (non-hydrogen) atoms. The van der Waals surface area contributed by atoms with E-state index in [9.17, 15) is 19.1 Å². The number of carbonyl (C=O) groups excluding carboxylic acids is 1. The lowest BCUT2D eigenvalue weighted by Gasteiger charge is -2.37. The van der Waals surface area contributed by atoms with Crippen LogP contribution in [0.1, 0.15) is 16.6 Å². The van der Waals surface area contributed by atoms with Gasteiger partial charge in [-0.15, -0.1) is 11.3 Å². The number of amidine groups is 1. The van der Waals surface area contributed by atoms with E-state index in [0.29, 0.717) is 54.9 Å². The number of aliphatic imine (C=N–C) groups is 1. The third kappa shape index (κ3) is 4.19. The summed E-state index contributed by atoms with van der Waals surface area (Å²) in [5, 5.41) is 15.8. The molecule has 4 heterocycles. The van der Waals surface area contributed by atoms with Crippen molar-refractivity contribution in [3.63, 3.8) is 0 Å². The van der Waals surface area contributed by atoms with Crippen LogP contribution in [0.2, 0.25) is 5.02 Å². The van der Waals surface area contributed by atoms with Crippen LogP contribution in [0.5, 0.6) is 0 Å². The van der Waals surface area contributed by atoms with Gasteiger partial charge in [0.1, 0.15) is 18.5 Å². The summed E-state index contributed by atoms with van der Waals surface area (Å²) in [5.41, 5.74) is 0.875. The predicted molar refractivity (Wildman–Crippen MR) is 119 cm³/mol. The minimum atomic E-state index is -1.15. The van der Waals surface area contributed by atoms with Crippen molar-refractivity contribution in [2.24, 2.45) is 4.99 Å². The normalized spacial score (nSPS) is 23.2. The number of halogens is 2. The summed E-state index contributed by atoms with van der Waals surface area (Å²) < 4.78 is 18.8. The summed E-state index contributed by atoms with van der Waals surface area (Å²) in [6, 6.07) is 2.82. The molecule has 1 amide bonds. The van der Waals surface area contributed by atoms with Gasteiger partial charge in [-0.3, -0.25) is 14.8 Å². The van der Waals surface area contributed by atoms with Crippen molar-refractivity contribution in [2.45, 2.75) is 12.1 Å². The number of hydrogen-bond acceptors (Lipinski definition) is 8. The summed E-state index contributed by atoms with van der Waals surface area (Å²) in [4.78, 5) is 36.9. The summed E-state index contributed by atoms with van der Waals surface area (Å²) in [6.45, 7) is 2.22. The Morgan fingerprint density at radius 1 is 1.39 bits per heavy atom. The number of hydrogen-bond donors (Lipinski definition) is 2. The highest BCUT2D eigenvalue weighted by molar-refractivity contribution is 7.11. The molecule has 0 radical (unpaired) electrons. The largest absolute Gasteiger partial charge is 0.478 e. The molecule has 2 N–H and O–H groups in total. The van der Waals surface area contributed by atoms with Crippen molar-refractivity contribution < 1.29 is 23.8 Å². The van der Waals surface area contributed by atoms with Gasteiger partial charge in [-0.25, -0.2) is 19.0 Å². The number of fused-ring (bicyclic) bond motifs is 1. The molecule has 0 spiro atoms. The van der Waals surface area contributed by atoms with Gasteiger partial charge in [-0.2, -0.15) is 0 Å². The highest BCUT2D eigenvalue weighted by Crippen LogP contribution is 2.36. The maximum Gasteiger partial charge on any atom is 0.410 e. The second kappa shape index (κ2) is 8.73. The van der Waals surface area contributed by atoms with Crippen LogP contribution < -0.4 is 5.32 Å². The number of carboxylic acid groups (broad SMARTS) is 1. The van der Waals surface area contributed by atoms with Crippen LogP contribution in [-0.2, 0) is 9.53 Å². The fourth-order valence-electron chi connectivity index (χ4n) is 4.29. The number of nitrogens with one attached hydrogen (secondary N) is 1. The molecule has 0 unspecified atom stereocenters. The Bertz CT molecular complexity index is 1170. The molecular formula is C21H19ClFN5O4S. The Balaban J connectivity index is 1.52. The Labute approximate surface area is 197 Å². The zero-order valence-corrected chi connectivity index (χ0v) is 18.8. The average molecular weight is 492 g/mol. The Morgan fingerprint density at radius 3 is 2.97 bits per heavy atom. The second-order valence-corrected chi connectivity index (χ2v) is 9.17. The quantitative estimate of drug-likeness (QED) is 0.661. The zero-order valence-electron chi connectivity index (χ0n) is 17.2. The van der Waals surface area contributed by atoms with E-state index in [0.717, 1.165) is 6.07 Å². The van der Waals surface area contributed by atoms with E-state index >= 15 is 0 Å². The van der Waals surface area contributed by atoms with Crippen molar-refractivity contribution in [3.8, 4) is 0 Å². The van der Waals surface area contributed by atoms with Gasteiger partial charge in [0.05, 0.1) is 11.6 Å². The van der Waals surface area contributed by atoms with Crippen LogP contribution in [0.4, 0.5) is 9.18 Å². The number of carboxylic acids is 1. The topological polar surface area (TPSA) is 107 Å². The van der Waals surface area contributed by atoms with E-state index in [4.69, 9.17) is 16.3 Å². The first kappa shape index (κ1) is 21.8. The molecule has 0 aliphatic carbocycles. The summed E-state index contributed by atoms with van der Waals surface area (Å²) >= 11 is 7.66. The molecule has 0 bridgehead atoms. The number of aromatic nitrogens is 1. The lowest BCUT2D eigenvalue weighted by atomic mass is 9.95.